The second-order valence-corrected chi connectivity index (χ2v) is 4.22. The Morgan fingerprint density at radius 2 is 2.50 bits per heavy atom. The Labute approximate surface area is 94.2 Å². The van der Waals surface area contributed by atoms with Crippen LogP contribution in [0.25, 0.3) is 0 Å². The van der Waals surface area contributed by atoms with E-state index in [9.17, 15) is 0 Å². The number of hydrogen-bond acceptors (Lipinski definition) is 5. The van der Waals surface area contributed by atoms with Crippen LogP contribution in [0.3, 0.4) is 0 Å². The van der Waals surface area contributed by atoms with Crippen molar-refractivity contribution in [1.82, 2.24) is 4.98 Å². The lowest BCUT2D eigenvalue weighted by molar-refractivity contribution is 0.185. The summed E-state index contributed by atoms with van der Waals surface area (Å²) in [7, 11) is 0. The molecule has 1 aliphatic heterocycles. The Balaban J connectivity index is 2.25. The fourth-order valence-electron chi connectivity index (χ4n) is 1.72. The molecule has 1 unspecified atom stereocenters. The largest absolute Gasteiger partial charge is 0.395 e. The molecule has 1 aromatic rings. The molecule has 0 aliphatic carbocycles. The van der Waals surface area contributed by atoms with E-state index >= 15 is 0 Å². The third-order valence-corrected chi connectivity index (χ3v) is 2.75. The fraction of sp³-hybridized carbons (Fsp3) is 0.455. The number of nitriles is 1. The molecule has 0 amide bonds. The minimum Gasteiger partial charge on any atom is -0.395 e. The number of hydrogen-bond donors (Lipinski definition) is 2. The van der Waals surface area contributed by atoms with Gasteiger partial charge in [-0.05, 0) is 19.4 Å². The molecule has 16 heavy (non-hydrogen) atoms. The lowest BCUT2D eigenvalue weighted by Crippen LogP contribution is -2.35. The van der Waals surface area contributed by atoms with Crippen LogP contribution in [-0.4, -0.2) is 23.7 Å². The minimum absolute atomic E-state index is 0.144. The highest BCUT2D eigenvalue weighted by molar-refractivity contribution is 5.69. The average Bonchev–Trinajstić information content (AvgIpc) is 2.68. The summed E-state index contributed by atoms with van der Waals surface area (Å²) in [5.74, 6) is 0.562. The standard InChI is InChI=1S/C11H14N4O/c1-11(3-5-16-7-11)15-10-9(13)8(6-12)2-4-14-10/h2,4H,3,5,7,13H2,1H3,(H,14,15). The maximum atomic E-state index is 8.86. The van der Waals surface area contributed by atoms with E-state index in [1.807, 2.05) is 6.07 Å². The molecule has 2 heterocycles. The van der Waals surface area contributed by atoms with Crippen LogP contribution in [0.5, 0.6) is 0 Å². The van der Waals surface area contributed by atoms with Crippen molar-refractivity contribution < 1.29 is 4.74 Å². The fourth-order valence-corrected chi connectivity index (χ4v) is 1.72. The first kappa shape index (κ1) is 10.7. The molecular weight excluding hydrogens is 204 g/mol. The Hall–Kier alpha value is -1.80. The summed E-state index contributed by atoms with van der Waals surface area (Å²) < 4.78 is 5.33. The summed E-state index contributed by atoms with van der Waals surface area (Å²) in [6.45, 7) is 3.42. The highest BCUT2D eigenvalue weighted by Crippen LogP contribution is 2.27. The SMILES string of the molecule is CC1(Nc2nccc(C#N)c2N)CCOC1. The van der Waals surface area contributed by atoms with Crippen LogP contribution in [0.4, 0.5) is 11.5 Å². The van der Waals surface area contributed by atoms with Gasteiger partial charge in [-0.3, -0.25) is 0 Å². The zero-order valence-electron chi connectivity index (χ0n) is 9.16. The number of nitrogens with one attached hydrogen (secondary N) is 1. The van der Waals surface area contributed by atoms with Gasteiger partial charge in [0.25, 0.3) is 0 Å². The maximum Gasteiger partial charge on any atom is 0.151 e. The van der Waals surface area contributed by atoms with Gasteiger partial charge < -0.3 is 15.8 Å². The number of nitrogens with two attached hydrogens (primary N) is 1. The number of anilines is 2. The van der Waals surface area contributed by atoms with E-state index in [2.05, 4.69) is 17.2 Å². The molecule has 1 saturated heterocycles. The second kappa shape index (κ2) is 3.99. The number of ether oxygens (including phenoxy) is 1. The predicted molar refractivity (Wildman–Crippen MR) is 60.8 cm³/mol. The van der Waals surface area contributed by atoms with Gasteiger partial charge >= 0.3 is 0 Å². The number of aromatic nitrogens is 1. The van der Waals surface area contributed by atoms with Gasteiger partial charge in [0.1, 0.15) is 6.07 Å². The van der Waals surface area contributed by atoms with E-state index in [-0.39, 0.29) is 5.54 Å². The van der Waals surface area contributed by atoms with Gasteiger partial charge in [-0.25, -0.2) is 4.98 Å². The smallest absolute Gasteiger partial charge is 0.151 e. The van der Waals surface area contributed by atoms with Crippen LogP contribution in [0, 0.1) is 11.3 Å². The van der Waals surface area contributed by atoms with Crippen LogP contribution >= 0.6 is 0 Å². The quantitative estimate of drug-likeness (QED) is 0.777. The van der Waals surface area contributed by atoms with Gasteiger partial charge in [-0.1, -0.05) is 0 Å². The highest BCUT2D eigenvalue weighted by Gasteiger charge is 2.30. The Bertz CT molecular complexity index is 432. The molecule has 84 valence electrons. The number of rotatable bonds is 2. The Morgan fingerprint density at radius 1 is 1.69 bits per heavy atom. The molecule has 0 saturated carbocycles. The van der Waals surface area contributed by atoms with E-state index in [1.54, 1.807) is 12.3 Å². The summed E-state index contributed by atoms with van der Waals surface area (Å²) in [5.41, 5.74) is 6.54. The van der Waals surface area contributed by atoms with Crippen molar-refractivity contribution in [3.05, 3.63) is 17.8 Å². The molecule has 3 N–H and O–H groups in total. The molecule has 1 aliphatic rings. The zero-order chi connectivity index (χ0) is 11.6. The number of nitrogen functional groups attached to an aromatic ring is 1. The molecule has 0 aromatic carbocycles. The monoisotopic (exact) mass is 218 g/mol. The van der Waals surface area contributed by atoms with E-state index in [0.29, 0.717) is 23.7 Å². The van der Waals surface area contributed by atoms with E-state index in [0.717, 1.165) is 13.0 Å². The van der Waals surface area contributed by atoms with Crippen molar-refractivity contribution in [3.63, 3.8) is 0 Å². The van der Waals surface area contributed by atoms with E-state index < -0.39 is 0 Å². The first-order chi connectivity index (χ1) is 7.64. The molecular formula is C11H14N4O. The Kier molecular flexibility index (Phi) is 2.67. The van der Waals surface area contributed by atoms with Gasteiger partial charge in [-0.15, -0.1) is 0 Å². The van der Waals surface area contributed by atoms with Crippen molar-refractivity contribution in [1.29, 1.82) is 5.26 Å². The third-order valence-electron chi connectivity index (χ3n) is 2.75. The predicted octanol–water partition coefficient (Wildman–Crippen LogP) is 1.13. The van der Waals surface area contributed by atoms with Crippen molar-refractivity contribution in [2.45, 2.75) is 18.9 Å². The van der Waals surface area contributed by atoms with E-state index in [1.165, 1.54) is 0 Å². The van der Waals surface area contributed by atoms with Gasteiger partial charge in [-0.2, -0.15) is 5.26 Å². The normalized spacial score (nSPS) is 24.0. The van der Waals surface area contributed by atoms with Gasteiger partial charge in [0.15, 0.2) is 5.82 Å². The molecule has 0 radical (unpaired) electrons. The van der Waals surface area contributed by atoms with Crippen molar-refractivity contribution >= 4 is 11.5 Å². The molecule has 5 heteroatoms. The molecule has 1 fully saturated rings. The van der Waals surface area contributed by atoms with Crippen LogP contribution in [0.1, 0.15) is 18.9 Å². The van der Waals surface area contributed by atoms with Gasteiger partial charge in [0, 0.05) is 12.8 Å². The van der Waals surface area contributed by atoms with Crippen LogP contribution in [0.15, 0.2) is 12.3 Å². The molecule has 0 bridgehead atoms. The summed E-state index contributed by atoms with van der Waals surface area (Å²) in [5, 5.41) is 12.1. The highest BCUT2D eigenvalue weighted by atomic mass is 16.5. The van der Waals surface area contributed by atoms with Crippen molar-refractivity contribution in [2.24, 2.45) is 0 Å². The average molecular weight is 218 g/mol. The zero-order valence-corrected chi connectivity index (χ0v) is 9.16. The van der Waals surface area contributed by atoms with Crippen molar-refractivity contribution in [3.8, 4) is 6.07 Å². The van der Waals surface area contributed by atoms with Crippen LogP contribution < -0.4 is 11.1 Å². The topological polar surface area (TPSA) is 84.0 Å². The van der Waals surface area contributed by atoms with Crippen LogP contribution in [0.2, 0.25) is 0 Å². The van der Waals surface area contributed by atoms with Gasteiger partial charge in [0.2, 0.25) is 0 Å². The molecule has 1 aromatic heterocycles. The summed E-state index contributed by atoms with van der Waals surface area (Å²) >= 11 is 0. The molecule has 1 atom stereocenters. The summed E-state index contributed by atoms with van der Waals surface area (Å²) in [6.07, 6.45) is 2.49. The summed E-state index contributed by atoms with van der Waals surface area (Å²) in [4.78, 5) is 4.15. The minimum atomic E-state index is -0.144. The van der Waals surface area contributed by atoms with Crippen LogP contribution in [-0.2, 0) is 4.74 Å². The molecule has 0 spiro atoms. The Morgan fingerprint density at radius 3 is 3.12 bits per heavy atom. The number of pyridine rings is 1. The lowest BCUT2D eigenvalue weighted by Gasteiger charge is -2.25. The molecule has 5 nitrogen and oxygen atoms in total. The summed E-state index contributed by atoms with van der Waals surface area (Å²) in [6, 6.07) is 3.64. The first-order valence-corrected chi connectivity index (χ1v) is 5.15. The molecule has 2 rings (SSSR count). The maximum absolute atomic E-state index is 8.86. The van der Waals surface area contributed by atoms with Gasteiger partial charge in [0.05, 0.1) is 23.4 Å². The van der Waals surface area contributed by atoms with Crippen molar-refractivity contribution in [2.75, 3.05) is 24.3 Å². The second-order valence-electron chi connectivity index (χ2n) is 4.22. The number of nitrogens with zero attached hydrogens (tertiary/aromatic N) is 2. The lowest BCUT2D eigenvalue weighted by atomic mass is 10.0. The van der Waals surface area contributed by atoms with E-state index in [4.69, 9.17) is 15.7 Å². The third kappa shape index (κ3) is 1.92. The first-order valence-electron chi connectivity index (χ1n) is 5.15.